The number of rotatable bonds is 3. The number of hydrogen-bond donors (Lipinski definition) is 0. The Hall–Kier alpha value is -2.60. The summed E-state index contributed by atoms with van der Waals surface area (Å²) in [7, 11) is 0. The Balaban J connectivity index is 2.05. The smallest absolute Gasteiger partial charge is 0.268 e. The monoisotopic (exact) mass is 347 g/mol. The Kier molecular flexibility index (Phi) is 4.40. The lowest BCUT2D eigenvalue weighted by Crippen LogP contribution is -2.26. The standard InChI is InChI=1S/C17H12ClF2N3O/c1-10-8-14(13-6-7-15(19)21-16(13)20)22-23(17(10)24)9-11-2-4-12(18)5-3-11/h2-8H,9H2,1H3. The highest BCUT2D eigenvalue weighted by atomic mass is 35.5. The van der Waals surface area contributed by atoms with Crippen LogP contribution in [0.25, 0.3) is 11.3 Å². The van der Waals surface area contributed by atoms with Gasteiger partial charge in [-0.15, -0.1) is 0 Å². The molecule has 0 saturated carbocycles. The lowest BCUT2D eigenvalue weighted by Gasteiger charge is -2.10. The molecule has 2 aromatic heterocycles. The Morgan fingerprint density at radius 3 is 2.50 bits per heavy atom. The lowest BCUT2D eigenvalue weighted by molar-refractivity contribution is 0.514. The van der Waals surface area contributed by atoms with Gasteiger partial charge in [-0.3, -0.25) is 4.79 Å². The third-order valence-electron chi connectivity index (χ3n) is 3.49. The summed E-state index contributed by atoms with van der Waals surface area (Å²) in [6, 6.07) is 10.7. The van der Waals surface area contributed by atoms with Gasteiger partial charge in [-0.2, -0.15) is 18.9 Å². The van der Waals surface area contributed by atoms with E-state index in [4.69, 9.17) is 11.6 Å². The van der Waals surface area contributed by atoms with Crippen molar-refractivity contribution in [3.63, 3.8) is 0 Å². The Morgan fingerprint density at radius 2 is 1.83 bits per heavy atom. The van der Waals surface area contributed by atoms with Gasteiger partial charge >= 0.3 is 0 Å². The normalized spacial score (nSPS) is 10.8. The van der Waals surface area contributed by atoms with E-state index < -0.39 is 11.9 Å². The van der Waals surface area contributed by atoms with E-state index in [1.807, 2.05) is 0 Å². The molecule has 0 fully saturated rings. The molecule has 0 aliphatic rings. The maximum atomic E-state index is 13.9. The molecule has 0 spiro atoms. The zero-order chi connectivity index (χ0) is 17.3. The van der Waals surface area contributed by atoms with Crippen LogP contribution < -0.4 is 5.56 Å². The molecule has 0 amide bonds. The van der Waals surface area contributed by atoms with Gasteiger partial charge in [0.2, 0.25) is 11.9 Å². The second-order valence-corrected chi connectivity index (χ2v) is 5.71. The van der Waals surface area contributed by atoms with Crippen LogP contribution in [0, 0.1) is 18.8 Å². The molecule has 24 heavy (non-hydrogen) atoms. The first-order valence-electron chi connectivity index (χ1n) is 7.09. The van der Waals surface area contributed by atoms with Gasteiger partial charge in [0.25, 0.3) is 5.56 Å². The Morgan fingerprint density at radius 1 is 1.12 bits per heavy atom. The van der Waals surface area contributed by atoms with Gasteiger partial charge in [0.1, 0.15) is 0 Å². The van der Waals surface area contributed by atoms with E-state index in [2.05, 4.69) is 10.1 Å². The second kappa shape index (κ2) is 6.49. The van der Waals surface area contributed by atoms with Gasteiger partial charge in [0, 0.05) is 10.6 Å². The fourth-order valence-electron chi connectivity index (χ4n) is 2.28. The molecule has 3 aromatic rings. The van der Waals surface area contributed by atoms with Crippen molar-refractivity contribution in [2.75, 3.05) is 0 Å². The van der Waals surface area contributed by atoms with E-state index in [1.54, 1.807) is 31.2 Å². The largest absolute Gasteiger partial charge is 0.270 e. The SMILES string of the molecule is Cc1cc(-c2ccc(F)nc2F)nn(Cc2ccc(Cl)cc2)c1=O. The molecule has 0 bridgehead atoms. The van der Waals surface area contributed by atoms with Gasteiger partial charge in [0.05, 0.1) is 17.8 Å². The number of aromatic nitrogens is 3. The highest BCUT2D eigenvalue weighted by Gasteiger charge is 2.13. The van der Waals surface area contributed by atoms with Crippen molar-refractivity contribution in [2.45, 2.75) is 13.5 Å². The van der Waals surface area contributed by atoms with E-state index in [9.17, 15) is 13.6 Å². The topological polar surface area (TPSA) is 47.8 Å². The van der Waals surface area contributed by atoms with Crippen LogP contribution in [0.4, 0.5) is 8.78 Å². The van der Waals surface area contributed by atoms with Crippen LogP contribution in [0.5, 0.6) is 0 Å². The molecule has 0 aliphatic carbocycles. The summed E-state index contributed by atoms with van der Waals surface area (Å²) in [4.78, 5) is 15.4. The van der Waals surface area contributed by atoms with Crippen molar-refractivity contribution >= 4 is 11.6 Å². The number of benzene rings is 1. The van der Waals surface area contributed by atoms with Crippen LogP contribution in [0.3, 0.4) is 0 Å². The van der Waals surface area contributed by atoms with Crippen LogP contribution in [-0.2, 0) is 6.54 Å². The van der Waals surface area contributed by atoms with Crippen molar-refractivity contribution in [1.29, 1.82) is 0 Å². The number of aryl methyl sites for hydroxylation is 1. The Bertz CT molecular complexity index is 955. The summed E-state index contributed by atoms with van der Waals surface area (Å²) >= 11 is 5.84. The molecule has 3 rings (SSSR count). The van der Waals surface area contributed by atoms with E-state index in [0.717, 1.165) is 11.6 Å². The second-order valence-electron chi connectivity index (χ2n) is 5.27. The average molecular weight is 348 g/mol. The van der Waals surface area contributed by atoms with Crippen LogP contribution >= 0.6 is 11.6 Å². The molecule has 0 unspecified atom stereocenters. The summed E-state index contributed by atoms with van der Waals surface area (Å²) in [6.07, 6.45) is 0. The summed E-state index contributed by atoms with van der Waals surface area (Å²) in [5.41, 5.74) is 1.18. The number of hydrogen-bond acceptors (Lipinski definition) is 3. The fraction of sp³-hybridized carbons (Fsp3) is 0.118. The van der Waals surface area contributed by atoms with Gasteiger partial charge < -0.3 is 0 Å². The lowest BCUT2D eigenvalue weighted by atomic mass is 10.1. The van der Waals surface area contributed by atoms with Crippen molar-refractivity contribution in [3.05, 3.63) is 80.9 Å². The molecular weight excluding hydrogens is 336 g/mol. The third kappa shape index (κ3) is 3.33. The molecular formula is C17H12ClF2N3O. The van der Waals surface area contributed by atoms with E-state index in [1.165, 1.54) is 16.8 Å². The zero-order valence-corrected chi connectivity index (χ0v) is 13.4. The first-order valence-corrected chi connectivity index (χ1v) is 7.47. The Labute approximate surface area is 141 Å². The predicted octanol–water partition coefficient (Wildman–Crippen LogP) is 3.59. The highest BCUT2D eigenvalue weighted by molar-refractivity contribution is 6.30. The first-order chi connectivity index (χ1) is 11.4. The summed E-state index contributed by atoms with van der Waals surface area (Å²) in [5.74, 6) is -1.89. The molecule has 7 heteroatoms. The van der Waals surface area contributed by atoms with Crippen LogP contribution in [-0.4, -0.2) is 14.8 Å². The molecule has 2 heterocycles. The maximum absolute atomic E-state index is 13.9. The number of halogens is 3. The van der Waals surface area contributed by atoms with Gasteiger partial charge in [0.15, 0.2) is 0 Å². The predicted molar refractivity (Wildman–Crippen MR) is 86.9 cm³/mol. The van der Waals surface area contributed by atoms with E-state index in [-0.39, 0.29) is 23.4 Å². The quantitative estimate of drug-likeness (QED) is 0.680. The minimum absolute atomic E-state index is 0.0318. The molecule has 1 aromatic carbocycles. The average Bonchev–Trinajstić information content (AvgIpc) is 2.54. The maximum Gasteiger partial charge on any atom is 0.270 e. The number of pyridine rings is 1. The minimum Gasteiger partial charge on any atom is -0.268 e. The van der Waals surface area contributed by atoms with Crippen molar-refractivity contribution in [2.24, 2.45) is 0 Å². The van der Waals surface area contributed by atoms with Crippen molar-refractivity contribution < 1.29 is 8.78 Å². The summed E-state index contributed by atoms with van der Waals surface area (Å²) in [6.45, 7) is 1.82. The highest BCUT2D eigenvalue weighted by Crippen LogP contribution is 2.19. The van der Waals surface area contributed by atoms with E-state index >= 15 is 0 Å². The van der Waals surface area contributed by atoms with Crippen LogP contribution in [0.15, 0.2) is 47.3 Å². The molecule has 0 atom stereocenters. The summed E-state index contributed by atoms with van der Waals surface area (Å²) < 4.78 is 28.1. The van der Waals surface area contributed by atoms with E-state index in [0.29, 0.717) is 10.6 Å². The molecule has 0 N–H and O–H groups in total. The number of nitrogens with zero attached hydrogens (tertiary/aromatic N) is 3. The molecule has 0 saturated heterocycles. The first kappa shape index (κ1) is 16.3. The molecule has 122 valence electrons. The van der Waals surface area contributed by atoms with Crippen molar-refractivity contribution in [3.8, 4) is 11.3 Å². The molecule has 0 aliphatic heterocycles. The third-order valence-corrected chi connectivity index (χ3v) is 3.74. The van der Waals surface area contributed by atoms with Crippen LogP contribution in [0.1, 0.15) is 11.1 Å². The van der Waals surface area contributed by atoms with Crippen LogP contribution in [0.2, 0.25) is 5.02 Å². The molecule has 4 nitrogen and oxygen atoms in total. The zero-order valence-electron chi connectivity index (χ0n) is 12.6. The van der Waals surface area contributed by atoms with Gasteiger partial charge in [-0.05, 0) is 42.8 Å². The minimum atomic E-state index is -0.974. The molecule has 0 radical (unpaired) electrons. The van der Waals surface area contributed by atoms with Gasteiger partial charge in [-0.1, -0.05) is 23.7 Å². The fourth-order valence-corrected chi connectivity index (χ4v) is 2.41. The van der Waals surface area contributed by atoms with Crippen molar-refractivity contribution in [1.82, 2.24) is 14.8 Å². The van der Waals surface area contributed by atoms with Gasteiger partial charge in [-0.25, -0.2) is 4.68 Å². The summed E-state index contributed by atoms with van der Waals surface area (Å²) in [5, 5.41) is 4.77.